The second-order valence-corrected chi connectivity index (χ2v) is 17.5. The Hall–Kier alpha value is -4.80. The van der Waals surface area contributed by atoms with Crippen molar-refractivity contribution >= 4 is 29.8 Å². The molecule has 15 heteroatoms. The zero-order valence-electron chi connectivity index (χ0n) is 33.6. The largest absolute Gasteiger partial charge is 0.494 e. The van der Waals surface area contributed by atoms with Gasteiger partial charge >= 0.3 is 24.0 Å². The van der Waals surface area contributed by atoms with Crippen LogP contribution in [0.5, 0.6) is 0 Å². The van der Waals surface area contributed by atoms with Gasteiger partial charge in [-0.25, -0.2) is 14.4 Å². The lowest BCUT2D eigenvalue weighted by molar-refractivity contribution is -0.345. The summed E-state index contributed by atoms with van der Waals surface area (Å²) in [5.74, 6) is -5.70. The number of benzene rings is 2. The zero-order chi connectivity index (χ0) is 42.7. The lowest BCUT2D eigenvalue weighted by atomic mass is 9.44. The highest BCUT2D eigenvalue weighted by atomic mass is 16.6. The van der Waals surface area contributed by atoms with Gasteiger partial charge in [0.2, 0.25) is 0 Å². The molecule has 58 heavy (non-hydrogen) atoms. The number of nitrogens with one attached hydrogen (secondary N) is 1. The normalized spacial score (nSPS) is 33.7. The van der Waals surface area contributed by atoms with E-state index in [4.69, 9.17) is 23.7 Å². The first-order valence-corrected chi connectivity index (χ1v) is 19.2. The zero-order valence-corrected chi connectivity index (χ0v) is 33.6. The van der Waals surface area contributed by atoms with E-state index in [1.165, 1.54) is 39.8 Å². The second kappa shape index (κ2) is 15.1. The summed E-state index contributed by atoms with van der Waals surface area (Å²) in [6.07, 6.45) is -11.7. The van der Waals surface area contributed by atoms with Crippen LogP contribution in [0.3, 0.4) is 0 Å². The highest BCUT2D eigenvalue weighted by Gasteiger charge is 2.78. The van der Waals surface area contributed by atoms with E-state index in [1.54, 1.807) is 69.3 Å². The summed E-state index contributed by atoms with van der Waals surface area (Å²) in [5, 5.41) is 51.5. The minimum absolute atomic E-state index is 0.0679. The highest BCUT2D eigenvalue weighted by molar-refractivity contribution is 5.94. The molecular weight excluding hydrogens is 754 g/mol. The molecule has 5 N–H and O–H groups in total. The minimum atomic E-state index is -2.37. The number of esters is 3. The van der Waals surface area contributed by atoms with Gasteiger partial charge in [-0.2, -0.15) is 4.79 Å². The summed E-state index contributed by atoms with van der Waals surface area (Å²) in [7, 11) is 0. The fraction of sp³-hybridized carbons (Fsp3) is 0.535. The molecule has 3 aliphatic carbocycles. The van der Waals surface area contributed by atoms with Crippen molar-refractivity contribution in [1.29, 1.82) is 0 Å². The van der Waals surface area contributed by atoms with Crippen LogP contribution in [-0.2, 0) is 38.1 Å². The molecule has 0 unspecified atom stereocenters. The van der Waals surface area contributed by atoms with E-state index in [2.05, 4.69) is 12.2 Å². The number of ether oxygens (including phenoxy) is 5. The average molecular weight is 807 g/mol. The van der Waals surface area contributed by atoms with E-state index in [1.807, 2.05) is 0 Å². The Morgan fingerprint density at radius 3 is 2.12 bits per heavy atom. The first-order valence-electron chi connectivity index (χ1n) is 19.2. The SMILES string of the molecule is [CH2+]C(=O)O[C@@]12CO[C@@H]1C[C@H](O)[C@@]1(C)C(=O)[C@H](O)C3=C(C)[C@@H](OC(=O)[C@H](O)[C@@H](NC(=O)OC(C)(C)C)c4ccccc4)C[C@@](O)([C@@H](OC(=O)c4ccccc4)[C@H]21)C3(C)C. The van der Waals surface area contributed by atoms with Crippen LogP contribution < -0.4 is 5.32 Å². The van der Waals surface area contributed by atoms with Gasteiger partial charge in [-0.3, -0.25) is 4.79 Å². The highest BCUT2D eigenvalue weighted by Crippen LogP contribution is 2.64. The maximum Gasteiger partial charge on any atom is 0.494 e. The third kappa shape index (κ3) is 7.06. The summed E-state index contributed by atoms with van der Waals surface area (Å²) in [5.41, 5.74) is -8.31. The Bertz CT molecular complexity index is 1980. The molecule has 15 nitrogen and oxygen atoms in total. The van der Waals surface area contributed by atoms with Crippen LogP contribution in [0, 0.1) is 23.7 Å². The van der Waals surface area contributed by atoms with Crippen molar-refractivity contribution in [3.63, 3.8) is 0 Å². The van der Waals surface area contributed by atoms with Crippen LogP contribution in [0.1, 0.15) is 83.3 Å². The number of fused-ring (bicyclic) bond motifs is 5. The van der Waals surface area contributed by atoms with Crippen molar-refractivity contribution in [3.05, 3.63) is 89.9 Å². The van der Waals surface area contributed by atoms with Crippen LogP contribution >= 0.6 is 0 Å². The van der Waals surface area contributed by atoms with E-state index >= 15 is 0 Å². The van der Waals surface area contributed by atoms with Crippen molar-refractivity contribution in [2.75, 3.05) is 6.61 Å². The quantitative estimate of drug-likeness (QED) is 0.112. The molecule has 2 aromatic rings. The maximum atomic E-state index is 14.9. The Labute approximate surface area is 336 Å². The summed E-state index contributed by atoms with van der Waals surface area (Å²) in [6, 6.07) is 14.6. The number of aliphatic hydroxyl groups excluding tert-OH is 3. The first-order chi connectivity index (χ1) is 27.0. The van der Waals surface area contributed by atoms with Gasteiger partial charge in [0.15, 0.2) is 24.4 Å². The molecule has 2 aromatic carbocycles. The summed E-state index contributed by atoms with van der Waals surface area (Å²) in [6.45, 7) is 13.9. The third-order valence-corrected chi connectivity index (χ3v) is 12.5. The van der Waals surface area contributed by atoms with Crippen molar-refractivity contribution in [2.45, 2.75) is 121 Å². The van der Waals surface area contributed by atoms with Gasteiger partial charge in [0.1, 0.15) is 35.6 Å². The van der Waals surface area contributed by atoms with E-state index in [-0.39, 0.29) is 29.7 Å². The molecule has 0 spiro atoms. The molecule has 6 rings (SSSR count). The van der Waals surface area contributed by atoms with Crippen LogP contribution in [0.15, 0.2) is 71.8 Å². The van der Waals surface area contributed by atoms with Gasteiger partial charge in [0.05, 0.1) is 35.6 Å². The number of hydrogen-bond acceptors (Lipinski definition) is 14. The fourth-order valence-corrected chi connectivity index (χ4v) is 9.50. The van der Waals surface area contributed by atoms with Gasteiger partial charge in [-0.15, -0.1) is 0 Å². The van der Waals surface area contributed by atoms with Gasteiger partial charge in [0.25, 0.3) is 0 Å². The molecule has 1 saturated heterocycles. The third-order valence-electron chi connectivity index (χ3n) is 12.5. The predicted octanol–water partition coefficient (Wildman–Crippen LogP) is 3.07. The maximum absolute atomic E-state index is 14.9. The standard InChI is InChI=1S/C43H51NO14/c1-22-26(55-37(51)32(48)30(24-15-11-9-12-16-24)44-38(52)58-39(3,4)5)20-43(53)35(56-36(50)25-17-13-10-14-18-25)33-41(8,34(49)31(47)29(22)40(43,6)7)27(46)19-28-42(33,21-54-28)57-23(2)45/h9-18,26-28,30-33,35,46-48,53H,2,19-21H2,1,3-8H3/p+1/t26-,27-,28+,30-,31+,32+,33-,35-,41+,42-,43+/m0/s1. The summed E-state index contributed by atoms with van der Waals surface area (Å²) < 4.78 is 29.3. The smallest absolute Gasteiger partial charge is 0.456 e. The van der Waals surface area contributed by atoms with Crippen LogP contribution in [0.4, 0.5) is 4.79 Å². The van der Waals surface area contributed by atoms with Gasteiger partial charge in [0, 0.05) is 18.3 Å². The van der Waals surface area contributed by atoms with E-state index < -0.39 is 112 Å². The Kier molecular flexibility index (Phi) is 11.1. The number of carbonyl (C=O) groups excluding carboxylic acids is 5. The monoisotopic (exact) mass is 806 g/mol. The number of rotatable bonds is 8. The molecule has 3 fully saturated rings. The Morgan fingerprint density at radius 2 is 1.57 bits per heavy atom. The number of ketones is 1. The average Bonchev–Trinajstić information content (AvgIpc) is 3.14. The Morgan fingerprint density at radius 1 is 0.966 bits per heavy atom. The van der Waals surface area contributed by atoms with Gasteiger partial charge in [-0.1, -0.05) is 62.4 Å². The van der Waals surface area contributed by atoms with E-state index in [0.717, 1.165) is 0 Å². The molecule has 2 saturated carbocycles. The Balaban J connectivity index is 1.49. The number of carbonyl (C=O) groups is 5. The van der Waals surface area contributed by atoms with Crippen molar-refractivity contribution in [2.24, 2.45) is 16.7 Å². The molecule has 1 amide bonds. The van der Waals surface area contributed by atoms with Crippen LogP contribution in [0.2, 0.25) is 0 Å². The topological polar surface area (TPSA) is 224 Å². The lowest BCUT2D eigenvalue weighted by Crippen LogP contribution is -2.81. The number of aliphatic hydroxyl groups is 4. The number of amides is 1. The number of alkyl carbamates (subject to hydrolysis) is 1. The first kappa shape index (κ1) is 42.8. The molecule has 312 valence electrons. The molecule has 11 atom stereocenters. The molecule has 0 aromatic heterocycles. The van der Waals surface area contributed by atoms with Crippen molar-refractivity contribution in [3.8, 4) is 0 Å². The van der Waals surface area contributed by atoms with E-state index in [0.29, 0.717) is 5.56 Å². The van der Waals surface area contributed by atoms with Crippen molar-refractivity contribution < 1.29 is 68.1 Å². The predicted molar refractivity (Wildman–Crippen MR) is 203 cm³/mol. The van der Waals surface area contributed by atoms with Crippen molar-refractivity contribution in [1.82, 2.24) is 5.32 Å². The fourth-order valence-electron chi connectivity index (χ4n) is 9.50. The van der Waals surface area contributed by atoms with E-state index in [9.17, 15) is 44.4 Å². The molecule has 4 aliphatic rings. The lowest BCUT2D eigenvalue weighted by Gasteiger charge is -2.67. The number of hydrogen-bond donors (Lipinski definition) is 5. The minimum Gasteiger partial charge on any atom is -0.456 e. The van der Waals surface area contributed by atoms with Gasteiger partial charge in [-0.05, 0) is 63.5 Å². The molecular formula is C43H52NO14+. The summed E-state index contributed by atoms with van der Waals surface area (Å²) >= 11 is 0. The molecule has 1 heterocycles. The number of Topliss-reactive ketones (excluding diaryl/α,β-unsaturated/α-hetero) is 1. The summed E-state index contributed by atoms with van der Waals surface area (Å²) in [4.78, 5) is 68.8. The molecule has 0 radical (unpaired) electrons. The van der Waals surface area contributed by atoms with Crippen LogP contribution in [-0.4, -0.2) is 110 Å². The van der Waals surface area contributed by atoms with Gasteiger partial charge < -0.3 is 49.4 Å². The molecule has 1 aliphatic heterocycles. The van der Waals surface area contributed by atoms with Crippen LogP contribution in [0.25, 0.3) is 0 Å². The molecule has 2 bridgehead atoms. The second-order valence-electron chi connectivity index (χ2n) is 17.5.